The zero-order chi connectivity index (χ0) is 7.44. The van der Waals surface area contributed by atoms with E-state index in [1.54, 1.807) is 0 Å². The highest BCUT2D eigenvalue weighted by Gasteiger charge is 2.01. The van der Waals surface area contributed by atoms with Gasteiger partial charge in [-0.25, -0.2) is 4.99 Å². The molecular formula is C4H8N4O. The standard InChI is InChI=1S/C4H8N4O/c1-8-3(6)2(5)4(7)9/h1,5-6H2,(H2,7,9)/b3-2-. The average Bonchev–Trinajstić information content (AvgIpc) is 1.84. The first kappa shape index (κ1) is 7.48. The van der Waals surface area contributed by atoms with E-state index in [4.69, 9.17) is 17.2 Å². The first-order valence-corrected chi connectivity index (χ1v) is 2.11. The molecule has 9 heavy (non-hydrogen) atoms. The van der Waals surface area contributed by atoms with Crippen molar-refractivity contribution in [1.29, 1.82) is 0 Å². The van der Waals surface area contributed by atoms with Gasteiger partial charge < -0.3 is 17.2 Å². The van der Waals surface area contributed by atoms with Crippen molar-refractivity contribution in [2.24, 2.45) is 22.2 Å². The van der Waals surface area contributed by atoms with E-state index in [2.05, 4.69) is 11.7 Å². The zero-order valence-corrected chi connectivity index (χ0v) is 4.79. The van der Waals surface area contributed by atoms with E-state index in [1.165, 1.54) is 0 Å². The summed E-state index contributed by atoms with van der Waals surface area (Å²) in [6.07, 6.45) is 0. The molecule has 0 spiro atoms. The van der Waals surface area contributed by atoms with Crippen LogP contribution in [-0.4, -0.2) is 12.6 Å². The van der Waals surface area contributed by atoms with Gasteiger partial charge in [-0.3, -0.25) is 4.79 Å². The second-order valence-corrected chi connectivity index (χ2v) is 1.32. The van der Waals surface area contributed by atoms with Gasteiger partial charge in [0.05, 0.1) is 0 Å². The summed E-state index contributed by atoms with van der Waals surface area (Å²) in [5.41, 5.74) is 14.5. The highest BCUT2D eigenvalue weighted by Crippen LogP contribution is 1.88. The molecule has 0 rings (SSSR count). The maximum absolute atomic E-state index is 10.2. The maximum Gasteiger partial charge on any atom is 0.268 e. The van der Waals surface area contributed by atoms with E-state index >= 15 is 0 Å². The third kappa shape index (κ3) is 1.81. The molecule has 0 bridgehead atoms. The molecule has 50 valence electrons. The molecule has 1 amide bonds. The zero-order valence-electron chi connectivity index (χ0n) is 4.79. The van der Waals surface area contributed by atoms with Crippen LogP contribution >= 0.6 is 0 Å². The molecule has 0 aromatic heterocycles. The number of hydrogen-bond donors (Lipinski definition) is 3. The first-order valence-electron chi connectivity index (χ1n) is 2.11. The van der Waals surface area contributed by atoms with Crippen molar-refractivity contribution < 1.29 is 4.79 Å². The first-order chi connectivity index (χ1) is 4.09. The Bertz CT molecular complexity index is 171. The van der Waals surface area contributed by atoms with E-state index in [9.17, 15) is 4.79 Å². The minimum atomic E-state index is -0.792. The second-order valence-electron chi connectivity index (χ2n) is 1.32. The van der Waals surface area contributed by atoms with Crippen molar-refractivity contribution in [3.63, 3.8) is 0 Å². The molecule has 0 aromatic rings. The topological polar surface area (TPSA) is 107 Å². The fraction of sp³-hybridized carbons (Fsp3) is 0. The van der Waals surface area contributed by atoms with E-state index in [1.807, 2.05) is 0 Å². The molecular weight excluding hydrogens is 120 g/mol. The van der Waals surface area contributed by atoms with Crippen LogP contribution in [0.5, 0.6) is 0 Å². The van der Waals surface area contributed by atoms with Gasteiger partial charge in [0.2, 0.25) is 0 Å². The molecule has 0 unspecified atom stereocenters. The minimum absolute atomic E-state index is 0.137. The van der Waals surface area contributed by atoms with Crippen LogP contribution in [0.4, 0.5) is 0 Å². The average molecular weight is 128 g/mol. The summed E-state index contributed by atoms with van der Waals surface area (Å²) in [5.74, 6) is -0.928. The number of primary amides is 1. The lowest BCUT2D eigenvalue weighted by Crippen LogP contribution is -2.23. The van der Waals surface area contributed by atoms with Crippen molar-refractivity contribution in [2.75, 3.05) is 0 Å². The SMILES string of the molecule is C=N/C(N)=C(\N)C(N)=O. The third-order valence-electron chi connectivity index (χ3n) is 0.712. The van der Waals surface area contributed by atoms with Gasteiger partial charge in [-0.1, -0.05) is 0 Å². The molecule has 0 aromatic carbocycles. The van der Waals surface area contributed by atoms with Gasteiger partial charge >= 0.3 is 0 Å². The summed E-state index contributed by atoms with van der Waals surface area (Å²) in [6.45, 7) is 3.04. The van der Waals surface area contributed by atoms with Crippen LogP contribution in [0, 0.1) is 0 Å². The summed E-state index contributed by atoms with van der Waals surface area (Å²) in [6, 6.07) is 0. The second kappa shape index (κ2) is 2.71. The molecule has 0 fully saturated rings. The van der Waals surface area contributed by atoms with Crippen molar-refractivity contribution in [3.05, 3.63) is 11.5 Å². The Hall–Kier alpha value is -1.52. The lowest BCUT2D eigenvalue weighted by atomic mass is 10.4. The lowest BCUT2D eigenvalue weighted by Gasteiger charge is -1.94. The van der Waals surface area contributed by atoms with E-state index in [-0.39, 0.29) is 11.5 Å². The minimum Gasteiger partial charge on any atom is -0.391 e. The van der Waals surface area contributed by atoms with Gasteiger partial charge in [-0.15, -0.1) is 0 Å². The number of amides is 1. The van der Waals surface area contributed by atoms with Crippen molar-refractivity contribution in [2.45, 2.75) is 0 Å². The number of hydrogen-bond acceptors (Lipinski definition) is 4. The number of carbonyl (C=O) groups excluding carboxylic acids is 1. The van der Waals surface area contributed by atoms with E-state index in [0.717, 1.165) is 0 Å². The fourth-order valence-electron chi connectivity index (χ4n) is 0.211. The Morgan fingerprint density at radius 3 is 1.89 bits per heavy atom. The molecule has 5 nitrogen and oxygen atoms in total. The summed E-state index contributed by atoms with van der Waals surface area (Å²) in [4.78, 5) is 13.4. The van der Waals surface area contributed by atoms with Crippen LogP contribution in [-0.2, 0) is 4.79 Å². The van der Waals surface area contributed by atoms with Gasteiger partial charge in [0.1, 0.15) is 5.70 Å². The van der Waals surface area contributed by atoms with Gasteiger partial charge in [0, 0.05) is 0 Å². The fourth-order valence-corrected chi connectivity index (χ4v) is 0.211. The smallest absolute Gasteiger partial charge is 0.268 e. The van der Waals surface area contributed by atoms with E-state index < -0.39 is 5.91 Å². The van der Waals surface area contributed by atoms with Crippen molar-refractivity contribution in [1.82, 2.24) is 0 Å². The summed E-state index contributed by atoms with van der Waals surface area (Å²) >= 11 is 0. The van der Waals surface area contributed by atoms with Gasteiger partial charge in [-0.2, -0.15) is 0 Å². The number of carbonyl (C=O) groups is 1. The van der Waals surface area contributed by atoms with Crippen LogP contribution in [0.25, 0.3) is 0 Å². The maximum atomic E-state index is 10.2. The van der Waals surface area contributed by atoms with Crippen LogP contribution < -0.4 is 17.2 Å². The quantitative estimate of drug-likeness (QED) is 0.303. The molecule has 0 saturated carbocycles. The van der Waals surface area contributed by atoms with Crippen LogP contribution in [0.1, 0.15) is 0 Å². The Kier molecular flexibility index (Phi) is 2.25. The van der Waals surface area contributed by atoms with Gasteiger partial charge in [-0.05, 0) is 6.72 Å². The van der Waals surface area contributed by atoms with Gasteiger partial charge in [0.25, 0.3) is 5.91 Å². The molecule has 0 heterocycles. The number of aliphatic imine (C=N–C) groups is 1. The number of nitrogens with two attached hydrogens (primary N) is 3. The predicted octanol–water partition coefficient (Wildman–Crippen LogP) is -1.74. The highest BCUT2D eigenvalue weighted by atomic mass is 16.1. The molecule has 0 aliphatic rings. The molecule has 0 radical (unpaired) electrons. The monoisotopic (exact) mass is 128 g/mol. The van der Waals surface area contributed by atoms with Crippen molar-refractivity contribution in [3.8, 4) is 0 Å². The Balaban J connectivity index is 4.47. The Labute approximate surface area is 52.2 Å². The summed E-state index contributed by atoms with van der Waals surface area (Å²) in [7, 11) is 0. The normalized spacial score (nSPS) is 12.0. The molecule has 0 saturated heterocycles. The molecule has 0 atom stereocenters. The molecule has 0 aliphatic heterocycles. The summed E-state index contributed by atoms with van der Waals surface area (Å²) < 4.78 is 0. The van der Waals surface area contributed by atoms with Gasteiger partial charge in [0.15, 0.2) is 5.82 Å². The summed E-state index contributed by atoms with van der Waals surface area (Å²) in [5, 5.41) is 0. The Morgan fingerprint density at radius 2 is 1.78 bits per heavy atom. The highest BCUT2D eigenvalue weighted by molar-refractivity contribution is 5.91. The van der Waals surface area contributed by atoms with Crippen LogP contribution in [0.2, 0.25) is 0 Å². The Morgan fingerprint density at radius 1 is 1.33 bits per heavy atom. The molecule has 0 aliphatic carbocycles. The lowest BCUT2D eigenvalue weighted by molar-refractivity contribution is -0.114. The third-order valence-corrected chi connectivity index (χ3v) is 0.712. The number of rotatable bonds is 2. The van der Waals surface area contributed by atoms with Crippen LogP contribution in [0.15, 0.2) is 16.5 Å². The largest absolute Gasteiger partial charge is 0.391 e. The van der Waals surface area contributed by atoms with Crippen molar-refractivity contribution >= 4 is 12.6 Å². The molecule has 5 heteroatoms. The predicted molar refractivity (Wildman–Crippen MR) is 34.1 cm³/mol. The van der Waals surface area contributed by atoms with Crippen LogP contribution in [0.3, 0.4) is 0 Å². The molecule has 6 N–H and O–H groups in total. The number of nitrogens with zero attached hydrogens (tertiary/aromatic N) is 1. The van der Waals surface area contributed by atoms with E-state index in [0.29, 0.717) is 0 Å².